The molecule has 0 aliphatic rings. The lowest BCUT2D eigenvalue weighted by Crippen LogP contribution is -2.12. The summed E-state index contributed by atoms with van der Waals surface area (Å²) in [5, 5.41) is 2.84. The van der Waals surface area contributed by atoms with Crippen molar-refractivity contribution in [2.75, 3.05) is 24.3 Å². The molecule has 0 bridgehead atoms. The topological polar surface area (TPSA) is 64.3 Å². The number of hydrogen-bond donors (Lipinski definition) is 2. The van der Waals surface area contributed by atoms with Crippen LogP contribution >= 0.6 is 0 Å². The number of hydrogen-bond acceptors (Lipinski definition) is 3. The third-order valence-corrected chi connectivity index (χ3v) is 2.71. The number of aryl methyl sites for hydroxylation is 1. The van der Waals surface area contributed by atoms with Crippen LogP contribution in [0.1, 0.15) is 32.3 Å². The van der Waals surface area contributed by atoms with E-state index in [0.29, 0.717) is 19.6 Å². The molecule has 0 atom stereocenters. The largest absolute Gasteiger partial charge is 0.398 e. The van der Waals surface area contributed by atoms with Gasteiger partial charge in [-0.3, -0.25) is 4.79 Å². The van der Waals surface area contributed by atoms with Crippen LogP contribution in [0.5, 0.6) is 0 Å². The molecule has 0 aliphatic carbocycles. The van der Waals surface area contributed by atoms with Gasteiger partial charge in [0.05, 0.1) is 0 Å². The predicted octanol–water partition coefficient (Wildman–Crippen LogP) is 2.59. The van der Waals surface area contributed by atoms with Crippen LogP contribution in [0.3, 0.4) is 0 Å². The summed E-state index contributed by atoms with van der Waals surface area (Å²) in [6.45, 7) is 5.31. The summed E-state index contributed by atoms with van der Waals surface area (Å²) in [4.78, 5) is 11.6. The molecule has 0 heterocycles. The van der Waals surface area contributed by atoms with Gasteiger partial charge in [-0.2, -0.15) is 0 Å². The van der Waals surface area contributed by atoms with E-state index in [4.69, 9.17) is 10.5 Å². The van der Waals surface area contributed by atoms with E-state index < -0.39 is 0 Å². The Balaban J connectivity index is 2.42. The van der Waals surface area contributed by atoms with E-state index in [1.807, 2.05) is 19.1 Å². The number of ether oxygens (including phenoxy) is 1. The number of carbonyl (C=O) groups is 1. The van der Waals surface area contributed by atoms with Crippen molar-refractivity contribution in [1.29, 1.82) is 0 Å². The van der Waals surface area contributed by atoms with Crippen LogP contribution < -0.4 is 11.1 Å². The lowest BCUT2D eigenvalue weighted by molar-refractivity contribution is -0.116. The van der Waals surface area contributed by atoms with Crippen molar-refractivity contribution in [2.24, 2.45) is 0 Å². The highest BCUT2D eigenvalue weighted by Gasteiger charge is 2.04. The molecule has 0 aliphatic heterocycles. The Bertz CT molecular complexity index is 391. The summed E-state index contributed by atoms with van der Waals surface area (Å²) in [7, 11) is 0. The van der Waals surface area contributed by atoms with Gasteiger partial charge in [0.25, 0.3) is 0 Å². The highest BCUT2D eigenvalue weighted by Crippen LogP contribution is 2.18. The first kappa shape index (κ1) is 14.5. The summed E-state index contributed by atoms with van der Waals surface area (Å²) in [6, 6.07) is 5.64. The number of nitrogens with two attached hydrogens (primary N) is 1. The second-order valence-corrected chi connectivity index (χ2v) is 4.12. The highest BCUT2D eigenvalue weighted by atomic mass is 16.5. The van der Waals surface area contributed by atoms with E-state index in [0.717, 1.165) is 29.8 Å². The molecule has 3 N–H and O–H groups in total. The summed E-state index contributed by atoms with van der Waals surface area (Å²) in [6.07, 6.45) is 2.10. The molecule has 100 valence electrons. The van der Waals surface area contributed by atoms with Crippen LogP contribution in [0.2, 0.25) is 0 Å². The molecule has 0 unspecified atom stereocenters. The van der Waals surface area contributed by atoms with E-state index in [1.165, 1.54) is 0 Å². The molecule has 18 heavy (non-hydrogen) atoms. The fourth-order valence-corrected chi connectivity index (χ4v) is 1.70. The standard InChI is InChI=1S/C14H22N2O2/c1-3-11-7-8-12(10-13(11)15)16-14(17)6-5-9-18-4-2/h7-8,10H,3-6,9,15H2,1-2H3,(H,16,17). The van der Waals surface area contributed by atoms with Crippen molar-refractivity contribution >= 4 is 17.3 Å². The average molecular weight is 250 g/mol. The molecule has 0 saturated heterocycles. The minimum Gasteiger partial charge on any atom is -0.398 e. The normalized spacial score (nSPS) is 10.3. The first-order chi connectivity index (χ1) is 8.67. The van der Waals surface area contributed by atoms with E-state index in [1.54, 1.807) is 6.07 Å². The summed E-state index contributed by atoms with van der Waals surface area (Å²) < 4.78 is 5.18. The number of rotatable bonds is 7. The van der Waals surface area contributed by atoms with Gasteiger partial charge in [0.15, 0.2) is 0 Å². The molecule has 0 aromatic heterocycles. The Hall–Kier alpha value is -1.55. The van der Waals surface area contributed by atoms with Gasteiger partial charge < -0.3 is 15.8 Å². The lowest BCUT2D eigenvalue weighted by atomic mass is 10.1. The van der Waals surface area contributed by atoms with Crippen LogP contribution in [0, 0.1) is 0 Å². The van der Waals surface area contributed by atoms with Gasteiger partial charge in [-0.25, -0.2) is 0 Å². The Morgan fingerprint density at radius 2 is 2.17 bits per heavy atom. The molecule has 1 amide bonds. The van der Waals surface area contributed by atoms with E-state index in [2.05, 4.69) is 12.2 Å². The number of carbonyl (C=O) groups excluding carboxylic acids is 1. The van der Waals surface area contributed by atoms with Crippen molar-refractivity contribution in [1.82, 2.24) is 0 Å². The molecule has 4 heteroatoms. The summed E-state index contributed by atoms with van der Waals surface area (Å²) >= 11 is 0. The first-order valence-electron chi connectivity index (χ1n) is 6.43. The van der Waals surface area contributed by atoms with Crippen LogP contribution in [-0.4, -0.2) is 19.1 Å². The second kappa shape index (κ2) is 7.71. The first-order valence-corrected chi connectivity index (χ1v) is 6.43. The van der Waals surface area contributed by atoms with Gasteiger partial charge in [-0.1, -0.05) is 13.0 Å². The van der Waals surface area contributed by atoms with Gasteiger partial charge in [-0.05, 0) is 37.5 Å². The predicted molar refractivity (Wildman–Crippen MR) is 74.6 cm³/mol. The van der Waals surface area contributed by atoms with Crippen molar-refractivity contribution in [2.45, 2.75) is 33.1 Å². The Labute approximate surface area is 109 Å². The van der Waals surface area contributed by atoms with Crippen molar-refractivity contribution < 1.29 is 9.53 Å². The van der Waals surface area contributed by atoms with Gasteiger partial charge in [0.1, 0.15) is 0 Å². The molecule has 0 saturated carbocycles. The molecule has 0 radical (unpaired) electrons. The minimum atomic E-state index is -0.00153. The van der Waals surface area contributed by atoms with Gasteiger partial charge >= 0.3 is 0 Å². The quantitative estimate of drug-likeness (QED) is 0.577. The SMILES string of the molecule is CCOCCCC(=O)Nc1ccc(CC)c(N)c1. The lowest BCUT2D eigenvalue weighted by Gasteiger charge is -2.08. The van der Waals surface area contributed by atoms with E-state index in [-0.39, 0.29) is 5.91 Å². The fraction of sp³-hybridized carbons (Fsp3) is 0.500. The molecule has 1 aromatic carbocycles. The van der Waals surface area contributed by atoms with Crippen LogP contribution in [0.25, 0.3) is 0 Å². The van der Waals surface area contributed by atoms with Crippen LogP contribution in [0.4, 0.5) is 11.4 Å². The summed E-state index contributed by atoms with van der Waals surface area (Å²) in [5.41, 5.74) is 8.46. The number of benzene rings is 1. The maximum absolute atomic E-state index is 11.6. The van der Waals surface area contributed by atoms with E-state index in [9.17, 15) is 4.79 Å². The Morgan fingerprint density at radius 3 is 2.78 bits per heavy atom. The van der Waals surface area contributed by atoms with E-state index >= 15 is 0 Å². The van der Waals surface area contributed by atoms with Crippen LogP contribution in [-0.2, 0) is 16.0 Å². The summed E-state index contributed by atoms with van der Waals surface area (Å²) in [5.74, 6) is -0.00153. The third kappa shape index (κ3) is 4.75. The Morgan fingerprint density at radius 1 is 1.39 bits per heavy atom. The van der Waals surface area contributed by atoms with Crippen molar-refractivity contribution in [3.05, 3.63) is 23.8 Å². The van der Waals surface area contributed by atoms with Crippen molar-refractivity contribution in [3.63, 3.8) is 0 Å². The fourth-order valence-electron chi connectivity index (χ4n) is 1.70. The van der Waals surface area contributed by atoms with Gasteiger partial charge in [0, 0.05) is 31.0 Å². The van der Waals surface area contributed by atoms with Crippen LogP contribution in [0.15, 0.2) is 18.2 Å². The monoisotopic (exact) mass is 250 g/mol. The highest BCUT2D eigenvalue weighted by molar-refractivity contribution is 5.91. The number of amides is 1. The molecule has 1 rings (SSSR count). The maximum Gasteiger partial charge on any atom is 0.224 e. The maximum atomic E-state index is 11.6. The molecule has 1 aromatic rings. The smallest absolute Gasteiger partial charge is 0.224 e. The number of nitrogens with one attached hydrogen (secondary N) is 1. The molecular formula is C14H22N2O2. The minimum absolute atomic E-state index is 0.00153. The number of nitrogen functional groups attached to an aromatic ring is 1. The number of anilines is 2. The zero-order valence-electron chi connectivity index (χ0n) is 11.2. The molecule has 0 spiro atoms. The van der Waals surface area contributed by atoms with Crippen molar-refractivity contribution in [3.8, 4) is 0 Å². The zero-order chi connectivity index (χ0) is 13.4. The second-order valence-electron chi connectivity index (χ2n) is 4.12. The third-order valence-electron chi connectivity index (χ3n) is 2.71. The molecule has 0 fully saturated rings. The average Bonchev–Trinajstić information content (AvgIpc) is 2.35. The molecular weight excluding hydrogens is 228 g/mol. The zero-order valence-corrected chi connectivity index (χ0v) is 11.2. The van der Waals surface area contributed by atoms with Gasteiger partial charge in [-0.15, -0.1) is 0 Å². The van der Waals surface area contributed by atoms with Gasteiger partial charge in [0.2, 0.25) is 5.91 Å². The molecule has 4 nitrogen and oxygen atoms in total. The Kier molecular flexibility index (Phi) is 6.22.